The van der Waals surface area contributed by atoms with E-state index in [-0.39, 0.29) is 6.61 Å². The highest BCUT2D eigenvalue weighted by molar-refractivity contribution is 7.79. The van der Waals surface area contributed by atoms with Gasteiger partial charge in [-0.2, -0.15) is 8.42 Å². The first kappa shape index (κ1) is 33.8. The Kier molecular flexibility index (Phi) is 30.2. The molecule has 0 spiro atoms. The molecule has 196 valence electrons. The summed E-state index contributed by atoms with van der Waals surface area (Å²) in [6.07, 6.45) is 7.72. The molecular formula is C20H44O11S. The number of unbranched alkanes of at least 4 members (excludes halogenated alkanes) is 5. The Morgan fingerprint density at radius 2 is 0.781 bits per heavy atom. The summed E-state index contributed by atoms with van der Waals surface area (Å²) < 4.78 is 63.8. The molecule has 0 bridgehead atoms. The Labute approximate surface area is 193 Å². The van der Waals surface area contributed by atoms with Crippen LogP contribution < -0.4 is 0 Å². The van der Waals surface area contributed by atoms with Crippen LogP contribution in [-0.2, 0) is 38.8 Å². The first-order chi connectivity index (χ1) is 15.4. The van der Waals surface area contributed by atoms with Gasteiger partial charge in [0.25, 0.3) is 0 Å². The van der Waals surface area contributed by atoms with Gasteiger partial charge in [0.15, 0.2) is 0 Å². The molecule has 0 aromatic rings. The zero-order valence-corrected chi connectivity index (χ0v) is 20.3. The quantitative estimate of drug-likeness (QED) is 0.134. The van der Waals surface area contributed by atoms with Crippen molar-refractivity contribution in [2.45, 2.75) is 45.4 Å². The molecule has 0 unspecified atom stereocenters. The summed E-state index contributed by atoms with van der Waals surface area (Å²) in [5.74, 6) is 0. The fourth-order valence-corrected chi connectivity index (χ4v) is 2.25. The van der Waals surface area contributed by atoms with E-state index in [1.807, 2.05) is 0 Å². The fourth-order valence-electron chi connectivity index (χ4n) is 2.25. The third-order valence-corrected chi connectivity index (χ3v) is 3.74. The molecule has 0 aliphatic rings. The lowest BCUT2D eigenvalue weighted by Crippen LogP contribution is -2.14. The highest BCUT2D eigenvalue weighted by atomic mass is 32.3. The van der Waals surface area contributed by atoms with Crippen molar-refractivity contribution in [1.29, 1.82) is 0 Å². The second-order valence-electron chi connectivity index (χ2n) is 6.61. The second kappa shape index (κ2) is 28.6. The molecule has 0 atom stereocenters. The van der Waals surface area contributed by atoms with Gasteiger partial charge in [-0.15, -0.1) is 0 Å². The maximum Gasteiger partial charge on any atom is 0.394 e. The van der Waals surface area contributed by atoms with Crippen molar-refractivity contribution < 1.29 is 51.1 Å². The molecule has 12 heteroatoms. The molecule has 3 N–H and O–H groups in total. The Hall–Kier alpha value is -0.410. The molecule has 0 rings (SSSR count). The van der Waals surface area contributed by atoms with Crippen LogP contribution >= 0.6 is 0 Å². The summed E-state index contributed by atoms with van der Waals surface area (Å²) in [6.45, 7) is 9.07. The van der Waals surface area contributed by atoms with Crippen molar-refractivity contribution in [3.63, 3.8) is 0 Å². The van der Waals surface area contributed by atoms with Crippen LogP contribution in [0.3, 0.4) is 0 Å². The number of aliphatic hydroxyl groups is 1. The van der Waals surface area contributed by atoms with Crippen LogP contribution in [0.5, 0.6) is 0 Å². The monoisotopic (exact) mass is 492 g/mol. The van der Waals surface area contributed by atoms with Crippen molar-refractivity contribution in [1.82, 2.24) is 0 Å². The summed E-state index contributed by atoms with van der Waals surface area (Å²) in [6, 6.07) is 0. The van der Waals surface area contributed by atoms with E-state index in [1.165, 1.54) is 32.1 Å². The molecule has 0 fully saturated rings. The van der Waals surface area contributed by atoms with Crippen molar-refractivity contribution in [3.8, 4) is 0 Å². The topological polar surface area (TPSA) is 150 Å². The fraction of sp³-hybridized carbons (Fsp3) is 1.00. The summed E-state index contributed by atoms with van der Waals surface area (Å²) in [5.41, 5.74) is 0. The van der Waals surface area contributed by atoms with Crippen LogP contribution in [-0.4, -0.2) is 109 Å². The number of rotatable bonds is 24. The number of hydrogen-bond acceptors (Lipinski definition) is 9. The minimum absolute atomic E-state index is 0.0428. The minimum atomic E-state index is -4.67. The standard InChI is InChI=1S/C20H42O7.H2O4S/c1-2-3-4-5-6-7-9-22-11-13-24-15-17-26-19-20-27-18-16-25-14-12-23-10-8-21;1-5(2,3)4/h21H,2-20H2,1H3;(H2,1,2,3,4). The molecule has 0 saturated carbocycles. The molecule has 0 aromatic heterocycles. The number of ether oxygens (including phenoxy) is 6. The van der Waals surface area contributed by atoms with Crippen LogP contribution in [0.2, 0.25) is 0 Å². The van der Waals surface area contributed by atoms with Gasteiger partial charge >= 0.3 is 10.4 Å². The maximum atomic E-state index is 8.74. The van der Waals surface area contributed by atoms with E-state index in [0.717, 1.165) is 13.0 Å². The maximum absolute atomic E-state index is 8.74. The molecule has 0 aliphatic heterocycles. The Morgan fingerprint density at radius 3 is 1.12 bits per heavy atom. The summed E-state index contributed by atoms with van der Waals surface area (Å²) in [7, 11) is -4.67. The van der Waals surface area contributed by atoms with Gasteiger partial charge < -0.3 is 33.5 Å². The molecule has 0 aromatic carbocycles. The molecular weight excluding hydrogens is 448 g/mol. The zero-order valence-electron chi connectivity index (χ0n) is 19.5. The van der Waals surface area contributed by atoms with E-state index in [2.05, 4.69) is 6.92 Å². The lowest BCUT2D eigenvalue weighted by Gasteiger charge is -2.08. The Morgan fingerprint density at radius 1 is 0.500 bits per heavy atom. The second-order valence-corrected chi connectivity index (χ2v) is 7.51. The first-order valence-corrected chi connectivity index (χ1v) is 12.6. The smallest absolute Gasteiger partial charge is 0.394 e. The van der Waals surface area contributed by atoms with Gasteiger partial charge in [-0.1, -0.05) is 39.0 Å². The van der Waals surface area contributed by atoms with Crippen molar-refractivity contribution in [2.75, 3.05) is 85.9 Å². The summed E-state index contributed by atoms with van der Waals surface area (Å²) >= 11 is 0. The lowest BCUT2D eigenvalue weighted by atomic mass is 10.1. The molecule has 0 radical (unpaired) electrons. The Balaban J connectivity index is 0. The summed E-state index contributed by atoms with van der Waals surface area (Å²) in [5, 5.41) is 8.53. The van der Waals surface area contributed by atoms with Gasteiger partial charge in [0.05, 0.1) is 79.3 Å². The predicted molar refractivity (Wildman–Crippen MR) is 120 cm³/mol. The van der Waals surface area contributed by atoms with Gasteiger partial charge in [0.1, 0.15) is 0 Å². The average Bonchev–Trinajstić information content (AvgIpc) is 2.73. The van der Waals surface area contributed by atoms with Gasteiger partial charge in [0.2, 0.25) is 0 Å². The predicted octanol–water partition coefficient (Wildman–Crippen LogP) is 1.79. The summed E-state index contributed by atoms with van der Waals surface area (Å²) in [4.78, 5) is 0. The van der Waals surface area contributed by atoms with Gasteiger partial charge in [0, 0.05) is 6.61 Å². The van der Waals surface area contributed by atoms with E-state index >= 15 is 0 Å². The molecule has 0 aliphatic carbocycles. The normalized spacial score (nSPS) is 11.4. The van der Waals surface area contributed by atoms with Crippen molar-refractivity contribution in [2.24, 2.45) is 0 Å². The number of hydrogen-bond donors (Lipinski definition) is 3. The third-order valence-electron chi connectivity index (χ3n) is 3.74. The van der Waals surface area contributed by atoms with Gasteiger partial charge in [-0.05, 0) is 6.42 Å². The van der Waals surface area contributed by atoms with Crippen LogP contribution in [0, 0.1) is 0 Å². The highest BCUT2D eigenvalue weighted by Gasteiger charge is 1.95. The Bertz CT molecular complexity index is 403. The average molecular weight is 493 g/mol. The molecule has 0 heterocycles. The van der Waals surface area contributed by atoms with E-state index in [0.29, 0.717) is 72.7 Å². The van der Waals surface area contributed by atoms with Crippen LogP contribution in [0.4, 0.5) is 0 Å². The van der Waals surface area contributed by atoms with E-state index < -0.39 is 10.4 Å². The van der Waals surface area contributed by atoms with E-state index in [4.69, 9.17) is 51.1 Å². The van der Waals surface area contributed by atoms with Crippen molar-refractivity contribution >= 4 is 10.4 Å². The largest absolute Gasteiger partial charge is 0.394 e. The highest BCUT2D eigenvalue weighted by Crippen LogP contribution is 2.04. The van der Waals surface area contributed by atoms with Crippen LogP contribution in [0.1, 0.15) is 45.4 Å². The minimum Gasteiger partial charge on any atom is -0.394 e. The SMILES string of the molecule is CCCCCCCCOCCOCCOCCOCCOCCOCCO.O=S(=O)(O)O. The zero-order chi connectivity index (χ0) is 24.2. The molecule has 0 saturated heterocycles. The number of aliphatic hydroxyl groups excluding tert-OH is 1. The molecule has 32 heavy (non-hydrogen) atoms. The molecule has 11 nitrogen and oxygen atoms in total. The first-order valence-electron chi connectivity index (χ1n) is 11.2. The third kappa shape index (κ3) is 43.5. The van der Waals surface area contributed by atoms with E-state index in [9.17, 15) is 0 Å². The van der Waals surface area contributed by atoms with Crippen LogP contribution in [0.15, 0.2) is 0 Å². The van der Waals surface area contributed by atoms with Gasteiger partial charge in [-0.3, -0.25) is 9.11 Å². The van der Waals surface area contributed by atoms with E-state index in [1.54, 1.807) is 0 Å². The van der Waals surface area contributed by atoms with Crippen LogP contribution in [0.25, 0.3) is 0 Å². The lowest BCUT2D eigenvalue weighted by molar-refractivity contribution is -0.0182. The molecule has 0 amide bonds. The van der Waals surface area contributed by atoms with Gasteiger partial charge in [-0.25, -0.2) is 0 Å². The van der Waals surface area contributed by atoms with Crippen molar-refractivity contribution in [3.05, 3.63) is 0 Å².